The third-order valence-electron chi connectivity index (χ3n) is 6.44. The van der Waals surface area contributed by atoms with Crippen LogP contribution in [-0.4, -0.2) is 62.1 Å². The Morgan fingerprint density at radius 3 is 2.51 bits per heavy atom. The van der Waals surface area contributed by atoms with E-state index in [2.05, 4.69) is 5.32 Å². The highest BCUT2D eigenvalue weighted by molar-refractivity contribution is 7.89. The minimum atomic E-state index is -3.78. The maximum absolute atomic E-state index is 13.2. The summed E-state index contributed by atoms with van der Waals surface area (Å²) < 4.78 is 32.7. The van der Waals surface area contributed by atoms with E-state index in [0.717, 1.165) is 10.4 Å². The summed E-state index contributed by atoms with van der Waals surface area (Å²) in [6, 6.07) is 6.13. The number of fused-ring (bicyclic) bond motifs is 1. The SMILES string of the molecule is COc1ccc(S(=O)(=O)N2CCCC(C(=O)Nc3sc4c(c3C(N)=O)CCN(C(C)=O)C4)C2)cc1. The van der Waals surface area contributed by atoms with Gasteiger partial charge in [0.15, 0.2) is 0 Å². The number of hydrogen-bond acceptors (Lipinski definition) is 7. The number of primary amides is 1. The van der Waals surface area contributed by atoms with Crippen molar-refractivity contribution in [1.82, 2.24) is 9.21 Å². The number of thiophene rings is 1. The zero-order valence-electron chi connectivity index (χ0n) is 19.6. The molecule has 2 aliphatic rings. The lowest BCUT2D eigenvalue weighted by molar-refractivity contribution is -0.129. The first-order valence-electron chi connectivity index (χ1n) is 11.3. The van der Waals surface area contributed by atoms with Crippen molar-refractivity contribution in [3.05, 3.63) is 40.3 Å². The first-order valence-corrected chi connectivity index (χ1v) is 13.5. The number of nitrogens with zero attached hydrogens (tertiary/aromatic N) is 2. The Labute approximate surface area is 208 Å². The first-order chi connectivity index (χ1) is 16.6. The molecule has 1 unspecified atom stereocenters. The fraction of sp³-hybridized carbons (Fsp3) is 0.435. The molecule has 0 radical (unpaired) electrons. The predicted molar refractivity (Wildman–Crippen MR) is 131 cm³/mol. The van der Waals surface area contributed by atoms with E-state index in [0.29, 0.717) is 49.6 Å². The molecule has 0 aliphatic carbocycles. The van der Waals surface area contributed by atoms with Gasteiger partial charge in [-0.25, -0.2) is 8.42 Å². The second-order valence-electron chi connectivity index (χ2n) is 8.63. The Balaban J connectivity index is 1.51. The van der Waals surface area contributed by atoms with Crippen molar-refractivity contribution < 1.29 is 27.5 Å². The van der Waals surface area contributed by atoms with E-state index in [1.807, 2.05) is 0 Å². The van der Waals surface area contributed by atoms with Crippen molar-refractivity contribution in [2.45, 2.75) is 37.6 Å². The molecule has 3 amide bonds. The molecule has 1 aromatic heterocycles. The molecule has 12 heteroatoms. The van der Waals surface area contributed by atoms with Crippen LogP contribution in [0.4, 0.5) is 5.00 Å². The fourth-order valence-electron chi connectivity index (χ4n) is 4.51. The quantitative estimate of drug-likeness (QED) is 0.595. The van der Waals surface area contributed by atoms with Gasteiger partial charge in [0.2, 0.25) is 21.8 Å². The van der Waals surface area contributed by atoms with Crippen LogP contribution in [0.5, 0.6) is 5.75 Å². The molecule has 1 aromatic carbocycles. The van der Waals surface area contributed by atoms with Crippen molar-refractivity contribution in [1.29, 1.82) is 0 Å². The molecule has 0 saturated carbocycles. The molecular weight excluding hydrogens is 492 g/mol. The van der Waals surface area contributed by atoms with Gasteiger partial charge in [-0.05, 0) is 49.1 Å². The summed E-state index contributed by atoms with van der Waals surface area (Å²) in [6.07, 6.45) is 1.54. The topological polar surface area (TPSA) is 139 Å². The second kappa shape index (κ2) is 9.96. The van der Waals surface area contributed by atoms with Crippen LogP contribution in [0.25, 0.3) is 0 Å². The summed E-state index contributed by atoms with van der Waals surface area (Å²) >= 11 is 1.24. The summed E-state index contributed by atoms with van der Waals surface area (Å²) in [5.41, 5.74) is 6.68. The molecule has 3 heterocycles. The number of piperidine rings is 1. The third kappa shape index (κ3) is 5.04. The van der Waals surface area contributed by atoms with E-state index < -0.39 is 21.8 Å². The Hall–Kier alpha value is -2.96. The zero-order chi connectivity index (χ0) is 25.3. The van der Waals surface area contributed by atoms with Crippen LogP contribution in [0.3, 0.4) is 0 Å². The van der Waals surface area contributed by atoms with Gasteiger partial charge in [0.1, 0.15) is 10.8 Å². The number of ether oxygens (including phenoxy) is 1. The molecule has 2 aromatic rings. The van der Waals surface area contributed by atoms with Crippen LogP contribution < -0.4 is 15.8 Å². The highest BCUT2D eigenvalue weighted by Crippen LogP contribution is 2.37. The normalized spacial score (nSPS) is 18.6. The van der Waals surface area contributed by atoms with Gasteiger partial charge in [0, 0.05) is 31.4 Å². The summed E-state index contributed by atoms with van der Waals surface area (Å²) in [7, 11) is -2.27. The number of hydrogen-bond donors (Lipinski definition) is 2. The van der Waals surface area contributed by atoms with Crippen molar-refractivity contribution in [2.24, 2.45) is 11.7 Å². The van der Waals surface area contributed by atoms with E-state index in [9.17, 15) is 22.8 Å². The summed E-state index contributed by atoms with van der Waals surface area (Å²) in [6.45, 7) is 2.69. The van der Waals surface area contributed by atoms with Crippen molar-refractivity contribution in [3.63, 3.8) is 0 Å². The van der Waals surface area contributed by atoms with Gasteiger partial charge in [0.05, 0.1) is 30.0 Å². The Morgan fingerprint density at radius 1 is 1.17 bits per heavy atom. The van der Waals surface area contributed by atoms with Gasteiger partial charge >= 0.3 is 0 Å². The number of nitrogens with two attached hydrogens (primary N) is 1. The molecule has 1 atom stereocenters. The lowest BCUT2D eigenvalue weighted by Gasteiger charge is -2.31. The number of benzene rings is 1. The Morgan fingerprint density at radius 2 is 1.89 bits per heavy atom. The molecule has 1 fully saturated rings. The van der Waals surface area contributed by atoms with E-state index in [-0.39, 0.29) is 28.8 Å². The predicted octanol–water partition coefficient (Wildman–Crippen LogP) is 1.80. The van der Waals surface area contributed by atoms with Gasteiger partial charge < -0.3 is 20.7 Å². The smallest absolute Gasteiger partial charge is 0.251 e. The number of carbonyl (C=O) groups is 3. The van der Waals surface area contributed by atoms with Crippen LogP contribution >= 0.6 is 11.3 Å². The fourth-order valence-corrected chi connectivity index (χ4v) is 7.30. The summed E-state index contributed by atoms with van der Waals surface area (Å²) in [5.74, 6) is -1.08. The molecule has 4 rings (SSSR count). The average molecular weight is 521 g/mol. The molecular formula is C23H28N4O6S2. The molecule has 10 nitrogen and oxygen atoms in total. The number of anilines is 1. The minimum absolute atomic E-state index is 0.0370. The van der Waals surface area contributed by atoms with Crippen molar-refractivity contribution in [3.8, 4) is 5.75 Å². The van der Waals surface area contributed by atoms with Crippen molar-refractivity contribution in [2.75, 3.05) is 32.1 Å². The van der Waals surface area contributed by atoms with Crippen LogP contribution in [-0.2, 0) is 32.6 Å². The van der Waals surface area contributed by atoms with Gasteiger partial charge in [0.25, 0.3) is 5.91 Å². The van der Waals surface area contributed by atoms with E-state index in [1.54, 1.807) is 17.0 Å². The highest BCUT2D eigenvalue weighted by atomic mass is 32.2. The van der Waals surface area contributed by atoms with Crippen LogP contribution in [0.15, 0.2) is 29.2 Å². The third-order valence-corrected chi connectivity index (χ3v) is 9.45. The molecule has 0 spiro atoms. The van der Waals surface area contributed by atoms with Crippen LogP contribution in [0, 0.1) is 5.92 Å². The zero-order valence-corrected chi connectivity index (χ0v) is 21.2. The monoisotopic (exact) mass is 520 g/mol. The van der Waals surface area contributed by atoms with Crippen molar-refractivity contribution >= 4 is 44.1 Å². The number of sulfonamides is 1. The largest absolute Gasteiger partial charge is 0.497 e. The summed E-state index contributed by atoms with van der Waals surface area (Å²) in [5, 5.41) is 3.18. The van der Waals surface area contributed by atoms with Crippen LogP contribution in [0.2, 0.25) is 0 Å². The summed E-state index contributed by atoms with van der Waals surface area (Å²) in [4.78, 5) is 39.8. The number of amides is 3. The number of nitrogens with one attached hydrogen (secondary N) is 1. The average Bonchev–Trinajstić information content (AvgIpc) is 3.21. The van der Waals surface area contributed by atoms with Crippen LogP contribution in [0.1, 0.15) is 40.6 Å². The van der Waals surface area contributed by atoms with Gasteiger partial charge in [-0.3, -0.25) is 14.4 Å². The first kappa shape index (κ1) is 25.1. The molecule has 188 valence electrons. The molecule has 3 N–H and O–H groups in total. The van der Waals surface area contributed by atoms with E-state index in [1.165, 1.54) is 41.8 Å². The molecule has 0 bridgehead atoms. The van der Waals surface area contributed by atoms with Gasteiger partial charge in [-0.2, -0.15) is 4.31 Å². The van der Waals surface area contributed by atoms with E-state index >= 15 is 0 Å². The van der Waals surface area contributed by atoms with Gasteiger partial charge in [-0.1, -0.05) is 0 Å². The molecule has 2 aliphatic heterocycles. The lowest BCUT2D eigenvalue weighted by atomic mass is 9.98. The number of methoxy groups -OCH3 is 1. The van der Waals surface area contributed by atoms with Gasteiger partial charge in [-0.15, -0.1) is 11.3 Å². The Kier molecular flexibility index (Phi) is 7.15. The minimum Gasteiger partial charge on any atom is -0.497 e. The number of rotatable bonds is 6. The lowest BCUT2D eigenvalue weighted by Crippen LogP contribution is -2.43. The molecule has 35 heavy (non-hydrogen) atoms. The number of carbonyl (C=O) groups excluding carboxylic acids is 3. The Bertz CT molecular complexity index is 1260. The standard InChI is InChI=1S/C23H28N4O6S2/c1-14(28)26-11-9-18-19(13-26)34-23(20(18)21(24)29)25-22(30)15-4-3-10-27(12-15)35(31,32)17-7-5-16(33-2)6-8-17/h5-8,15H,3-4,9-13H2,1-2H3,(H2,24,29)(H,25,30). The highest BCUT2D eigenvalue weighted by Gasteiger charge is 2.35. The second-order valence-corrected chi connectivity index (χ2v) is 11.7. The van der Waals surface area contributed by atoms with E-state index in [4.69, 9.17) is 10.5 Å². The molecule has 1 saturated heterocycles. The maximum Gasteiger partial charge on any atom is 0.251 e. The maximum atomic E-state index is 13.2.